The third-order valence-corrected chi connectivity index (χ3v) is 6.53. The average Bonchev–Trinajstić information content (AvgIpc) is 3.18. The van der Waals surface area contributed by atoms with Crippen LogP contribution in [-0.4, -0.2) is 81.5 Å². The van der Waals surface area contributed by atoms with E-state index in [9.17, 15) is 10.5 Å². The second-order valence-corrected chi connectivity index (χ2v) is 8.82. The highest BCUT2D eigenvalue weighted by Crippen LogP contribution is 2.42. The first-order valence-electron chi connectivity index (χ1n) is 11.4. The van der Waals surface area contributed by atoms with Gasteiger partial charge in [-0.2, -0.15) is 20.8 Å². The number of benzene rings is 1. The molecule has 0 bridgehead atoms. The number of hydrogen-bond acceptors (Lipinski definition) is 11. The number of aliphatic hydroxyl groups excluding tert-OH is 2. The molecule has 0 aromatic heterocycles. The van der Waals surface area contributed by atoms with Crippen LogP contribution in [0.25, 0.3) is 0 Å². The van der Waals surface area contributed by atoms with Gasteiger partial charge in [0.25, 0.3) is 0 Å². The molecule has 1 aliphatic heterocycles. The third-order valence-electron chi connectivity index (χ3n) is 5.27. The lowest BCUT2D eigenvalue weighted by Crippen LogP contribution is -2.31. The molecule has 0 amide bonds. The number of nitriles is 2. The Morgan fingerprint density at radius 2 is 1.60 bits per heavy atom. The summed E-state index contributed by atoms with van der Waals surface area (Å²) >= 11 is 1.28. The van der Waals surface area contributed by atoms with Crippen LogP contribution < -0.4 is 4.90 Å². The van der Waals surface area contributed by atoms with E-state index >= 15 is 0 Å². The van der Waals surface area contributed by atoms with Gasteiger partial charge in [-0.15, -0.1) is 0 Å². The Kier molecular flexibility index (Phi) is 13.3. The maximum atomic E-state index is 9.45. The maximum Gasteiger partial charge on any atom is 0.141 e. The number of hydrogen-bond donors (Lipinski definition) is 2. The predicted octanol–water partition coefficient (Wildman–Crippen LogP) is 2.93. The van der Waals surface area contributed by atoms with E-state index in [1.165, 1.54) is 11.8 Å². The zero-order chi connectivity index (χ0) is 25.5. The summed E-state index contributed by atoms with van der Waals surface area (Å²) in [7, 11) is 0. The summed E-state index contributed by atoms with van der Waals surface area (Å²) in [6.07, 6.45) is 0. The lowest BCUT2D eigenvalue weighted by molar-refractivity contribution is 0.0347. The van der Waals surface area contributed by atoms with Crippen LogP contribution in [0, 0.1) is 35.5 Å². The largest absolute Gasteiger partial charge is 0.394 e. The van der Waals surface area contributed by atoms with Crippen LogP contribution in [-0.2, 0) is 14.2 Å². The topological polar surface area (TPSA) is 144 Å². The van der Waals surface area contributed by atoms with Gasteiger partial charge in [0.05, 0.1) is 69.5 Å². The van der Waals surface area contributed by atoms with E-state index in [1.54, 1.807) is 6.92 Å². The minimum absolute atomic E-state index is 0.00758. The van der Waals surface area contributed by atoms with Gasteiger partial charge in [0.1, 0.15) is 17.4 Å². The molecule has 1 aromatic rings. The van der Waals surface area contributed by atoms with Crippen LogP contribution in [0.2, 0.25) is 0 Å². The van der Waals surface area contributed by atoms with Crippen molar-refractivity contribution in [3.8, 4) is 12.1 Å². The van der Waals surface area contributed by atoms with Crippen molar-refractivity contribution in [1.82, 2.24) is 0 Å². The fraction of sp³-hybridized carbons (Fsp3) is 0.583. The number of anilines is 1. The van der Waals surface area contributed by atoms with Gasteiger partial charge in [-0.25, -0.2) is 0 Å². The van der Waals surface area contributed by atoms with E-state index in [2.05, 4.69) is 27.3 Å². The molecule has 1 aliphatic rings. The Balaban J connectivity index is 2.01. The highest BCUT2D eigenvalue weighted by Gasteiger charge is 2.34. The van der Waals surface area contributed by atoms with Crippen molar-refractivity contribution in [2.45, 2.75) is 19.2 Å². The summed E-state index contributed by atoms with van der Waals surface area (Å²) in [6.45, 7) is 7.37. The monoisotopic (exact) mass is 503 g/mol. The first kappa shape index (κ1) is 28.7. The molecule has 1 heterocycles. The molecule has 0 spiro atoms. The van der Waals surface area contributed by atoms with Crippen LogP contribution >= 0.6 is 11.8 Å². The van der Waals surface area contributed by atoms with Crippen molar-refractivity contribution in [1.29, 1.82) is 10.5 Å². The highest BCUT2D eigenvalue weighted by atomic mass is 32.2. The molecule has 1 aromatic carbocycles. The zero-order valence-electron chi connectivity index (χ0n) is 20.2. The maximum absolute atomic E-state index is 9.45. The van der Waals surface area contributed by atoms with Crippen LogP contribution in [0.15, 0.2) is 38.9 Å². The van der Waals surface area contributed by atoms with Gasteiger partial charge < -0.3 is 29.3 Å². The first-order chi connectivity index (χ1) is 17.0. The van der Waals surface area contributed by atoms with Crippen LogP contribution in [0.5, 0.6) is 0 Å². The van der Waals surface area contributed by atoms with Crippen molar-refractivity contribution in [2.75, 3.05) is 70.8 Å². The van der Waals surface area contributed by atoms with Crippen molar-refractivity contribution < 1.29 is 24.4 Å². The number of aryl methyl sites for hydroxylation is 1. The van der Waals surface area contributed by atoms with Crippen molar-refractivity contribution >= 4 is 23.1 Å². The fourth-order valence-electron chi connectivity index (χ4n) is 3.34. The summed E-state index contributed by atoms with van der Waals surface area (Å²) in [5.41, 5.74) is 3.34. The third kappa shape index (κ3) is 9.22. The number of rotatable bonds is 16. The summed E-state index contributed by atoms with van der Waals surface area (Å²) < 4.78 is 16.3. The molecule has 0 saturated heterocycles. The van der Waals surface area contributed by atoms with Gasteiger partial charge in [0.15, 0.2) is 0 Å². The molecule has 11 heteroatoms. The van der Waals surface area contributed by atoms with Gasteiger partial charge in [-0.1, -0.05) is 11.8 Å². The predicted molar refractivity (Wildman–Crippen MR) is 133 cm³/mol. The van der Waals surface area contributed by atoms with E-state index in [0.29, 0.717) is 56.7 Å². The Hall–Kier alpha value is -2.51. The quantitative estimate of drug-likeness (QED) is 0.257. The van der Waals surface area contributed by atoms with Crippen molar-refractivity contribution in [2.24, 2.45) is 16.1 Å². The van der Waals surface area contributed by atoms with Gasteiger partial charge in [0.2, 0.25) is 0 Å². The first-order valence-corrected chi connectivity index (χ1v) is 12.3. The normalized spacial score (nSPS) is 17.7. The molecular weight excluding hydrogens is 470 g/mol. The molecule has 0 fully saturated rings. The molecule has 0 radical (unpaired) electrons. The number of allylic oxidation sites excluding steroid dienone is 1. The second kappa shape index (κ2) is 16.2. The number of nitrogens with zero attached hydrogens (tertiary/aromatic N) is 5. The van der Waals surface area contributed by atoms with E-state index < -0.39 is 11.3 Å². The van der Waals surface area contributed by atoms with Gasteiger partial charge in [-0.3, -0.25) is 0 Å². The van der Waals surface area contributed by atoms with E-state index in [4.69, 9.17) is 24.4 Å². The molecule has 190 valence electrons. The minimum atomic E-state index is -0.457. The Morgan fingerprint density at radius 1 is 0.971 bits per heavy atom. The molecule has 10 nitrogen and oxygen atoms in total. The molecular formula is C24H33N5O5S. The molecule has 2 unspecified atom stereocenters. The molecule has 2 rings (SSSR count). The number of aliphatic hydroxyl groups is 2. The van der Waals surface area contributed by atoms with E-state index in [0.717, 1.165) is 16.8 Å². The molecule has 35 heavy (non-hydrogen) atoms. The van der Waals surface area contributed by atoms with Gasteiger partial charge in [0, 0.05) is 18.8 Å². The standard InChI is InChI=1S/C24H33N5O5S/c1-18-15-20(29(5-9-32-11-7-30)6-10-33-13-14-34-12-8-31)3-4-22(18)27-28-24-21(16-25)19(2)23(17-26)35-24/h3-4,15,21,24,30-31H,5-14H2,1-2H3. The minimum Gasteiger partial charge on any atom is -0.394 e. The number of thioether (sulfide) groups is 1. The van der Waals surface area contributed by atoms with Crippen LogP contribution in [0.3, 0.4) is 0 Å². The Bertz CT molecular complexity index is 943. The van der Waals surface area contributed by atoms with Gasteiger partial charge >= 0.3 is 0 Å². The zero-order valence-corrected chi connectivity index (χ0v) is 21.0. The number of ether oxygens (including phenoxy) is 3. The smallest absolute Gasteiger partial charge is 0.141 e. The molecule has 0 aliphatic carbocycles. The SMILES string of the molecule is CC1=C(C#N)SC(N=Nc2ccc(N(CCOCCO)CCOCCOCCO)cc2C)C1C#N. The van der Waals surface area contributed by atoms with E-state index in [-0.39, 0.29) is 19.8 Å². The highest BCUT2D eigenvalue weighted by molar-refractivity contribution is 8.04. The number of azo groups is 1. The van der Waals surface area contributed by atoms with E-state index in [1.807, 2.05) is 25.1 Å². The summed E-state index contributed by atoms with van der Waals surface area (Å²) in [5.74, 6) is -0.457. The fourth-order valence-corrected chi connectivity index (χ4v) is 4.44. The Morgan fingerprint density at radius 3 is 2.17 bits per heavy atom. The lowest BCUT2D eigenvalue weighted by Gasteiger charge is -2.25. The molecule has 2 atom stereocenters. The average molecular weight is 504 g/mol. The second-order valence-electron chi connectivity index (χ2n) is 7.70. The van der Waals surface area contributed by atoms with Crippen molar-refractivity contribution in [3.05, 3.63) is 34.2 Å². The summed E-state index contributed by atoms with van der Waals surface area (Å²) in [4.78, 5) is 2.67. The summed E-state index contributed by atoms with van der Waals surface area (Å²) in [6, 6.07) is 10.2. The molecule has 2 N–H and O–H groups in total. The van der Waals surface area contributed by atoms with Gasteiger partial charge in [-0.05, 0) is 43.2 Å². The lowest BCUT2D eigenvalue weighted by atomic mass is 10.0. The Labute approximate surface area is 210 Å². The summed E-state index contributed by atoms with van der Waals surface area (Å²) in [5, 5.41) is 44.7. The van der Waals surface area contributed by atoms with Crippen LogP contribution in [0.1, 0.15) is 12.5 Å². The molecule has 0 saturated carbocycles. The van der Waals surface area contributed by atoms with Crippen molar-refractivity contribution in [3.63, 3.8) is 0 Å². The van der Waals surface area contributed by atoms with Crippen LogP contribution in [0.4, 0.5) is 11.4 Å².